The zero-order valence-corrected chi connectivity index (χ0v) is 19.4. The molecule has 0 saturated heterocycles. The van der Waals surface area contributed by atoms with Gasteiger partial charge in [-0.05, 0) is 96.3 Å². The molecule has 2 unspecified atom stereocenters. The third kappa shape index (κ3) is 3.40. The summed E-state index contributed by atoms with van der Waals surface area (Å²) in [5, 5.41) is 0. The molecule has 0 amide bonds. The molecule has 0 N–H and O–H groups in total. The molecule has 31 heavy (non-hydrogen) atoms. The normalized spacial score (nSPS) is 28.0. The van der Waals surface area contributed by atoms with Gasteiger partial charge in [-0.15, -0.1) is 0 Å². The largest absolute Gasteiger partial charge is 0.0620 e. The Kier molecular flexibility index (Phi) is 5.24. The Morgan fingerprint density at radius 1 is 0.548 bits per heavy atom. The third-order valence-electron chi connectivity index (χ3n) is 10.1. The summed E-state index contributed by atoms with van der Waals surface area (Å²) >= 11 is 0. The molecule has 0 aromatic heterocycles. The maximum Gasteiger partial charge on any atom is -0.00994 e. The van der Waals surface area contributed by atoms with Crippen LogP contribution in [0.1, 0.15) is 118 Å². The first kappa shape index (κ1) is 20.1. The number of rotatable bonds is 4. The van der Waals surface area contributed by atoms with Crippen molar-refractivity contribution in [2.45, 2.75) is 108 Å². The fourth-order valence-electron chi connectivity index (χ4n) is 8.75. The predicted octanol–water partition coefficient (Wildman–Crippen LogP) is 8.74. The lowest BCUT2D eigenvalue weighted by molar-refractivity contribution is 0.137. The molecule has 2 aromatic carbocycles. The molecule has 2 spiro atoms. The van der Waals surface area contributed by atoms with Crippen LogP contribution < -0.4 is 0 Å². The van der Waals surface area contributed by atoms with Gasteiger partial charge >= 0.3 is 0 Å². The van der Waals surface area contributed by atoms with Gasteiger partial charge in [-0.1, -0.05) is 93.5 Å². The number of hydrogen-bond donors (Lipinski definition) is 0. The van der Waals surface area contributed by atoms with Crippen LogP contribution in [0.25, 0.3) is 0 Å². The molecule has 6 rings (SSSR count). The van der Waals surface area contributed by atoms with Crippen molar-refractivity contribution in [2.75, 3.05) is 0 Å². The summed E-state index contributed by atoms with van der Waals surface area (Å²) in [6.07, 6.45) is 21.7. The molecule has 0 nitrogen and oxygen atoms in total. The minimum Gasteiger partial charge on any atom is -0.0620 e. The monoisotopic (exact) mass is 412 g/mol. The molecular formula is C31H40. The summed E-state index contributed by atoms with van der Waals surface area (Å²) in [4.78, 5) is 0. The lowest BCUT2D eigenvalue weighted by Gasteiger charge is -2.41. The predicted molar refractivity (Wildman–Crippen MR) is 131 cm³/mol. The smallest absolute Gasteiger partial charge is 0.00994 e. The van der Waals surface area contributed by atoms with Gasteiger partial charge < -0.3 is 0 Å². The van der Waals surface area contributed by atoms with E-state index in [2.05, 4.69) is 48.5 Å². The molecule has 2 saturated carbocycles. The summed E-state index contributed by atoms with van der Waals surface area (Å²) < 4.78 is 0. The molecule has 0 radical (unpaired) electrons. The fraction of sp³-hybridized carbons (Fsp3) is 0.613. The van der Waals surface area contributed by atoms with E-state index < -0.39 is 0 Å². The topological polar surface area (TPSA) is 0 Å². The maximum atomic E-state index is 2.48. The Hall–Kier alpha value is -1.56. The van der Waals surface area contributed by atoms with Gasteiger partial charge in [0.25, 0.3) is 0 Å². The summed E-state index contributed by atoms with van der Waals surface area (Å²) in [5.41, 5.74) is 8.01. The van der Waals surface area contributed by atoms with Gasteiger partial charge in [-0.2, -0.15) is 0 Å². The fourth-order valence-corrected chi connectivity index (χ4v) is 8.75. The molecule has 0 aliphatic heterocycles. The van der Waals surface area contributed by atoms with E-state index in [1.807, 2.05) is 0 Å². The molecule has 2 fully saturated rings. The second-order valence-corrected chi connectivity index (χ2v) is 11.6. The zero-order chi connectivity index (χ0) is 20.7. The van der Waals surface area contributed by atoms with Crippen LogP contribution in [-0.2, 0) is 12.8 Å². The lowest BCUT2D eigenvalue weighted by atomic mass is 9.63. The highest BCUT2D eigenvalue weighted by atomic mass is 14.5. The lowest BCUT2D eigenvalue weighted by Crippen LogP contribution is -2.30. The van der Waals surface area contributed by atoms with E-state index in [-0.39, 0.29) is 0 Å². The first-order chi connectivity index (χ1) is 15.3. The van der Waals surface area contributed by atoms with Crippen LogP contribution in [0.2, 0.25) is 0 Å². The van der Waals surface area contributed by atoms with Gasteiger partial charge in [0.2, 0.25) is 0 Å². The van der Waals surface area contributed by atoms with E-state index >= 15 is 0 Å². The average Bonchev–Trinajstić information content (AvgIpc) is 3.27. The van der Waals surface area contributed by atoms with Crippen LogP contribution in [0.15, 0.2) is 48.5 Å². The minimum atomic E-state index is 0.595. The summed E-state index contributed by atoms with van der Waals surface area (Å²) in [6.45, 7) is 0. The van der Waals surface area contributed by atoms with Crippen molar-refractivity contribution in [3.8, 4) is 0 Å². The third-order valence-corrected chi connectivity index (χ3v) is 10.1. The molecule has 4 aliphatic carbocycles. The molecule has 0 bridgehead atoms. The first-order valence-corrected chi connectivity index (χ1v) is 13.5. The van der Waals surface area contributed by atoms with Crippen molar-refractivity contribution in [3.63, 3.8) is 0 Å². The van der Waals surface area contributed by atoms with Crippen molar-refractivity contribution in [1.82, 2.24) is 0 Å². The van der Waals surface area contributed by atoms with Crippen LogP contribution in [0.3, 0.4) is 0 Å². The Bertz CT molecular complexity index is 834. The zero-order valence-electron chi connectivity index (χ0n) is 19.4. The molecule has 0 heterocycles. The van der Waals surface area contributed by atoms with Crippen LogP contribution >= 0.6 is 0 Å². The number of benzene rings is 2. The molecule has 2 aromatic rings. The van der Waals surface area contributed by atoms with E-state index in [1.54, 1.807) is 22.3 Å². The van der Waals surface area contributed by atoms with Crippen molar-refractivity contribution < 1.29 is 0 Å². The van der Waals surface area contributed by atoms with E-state index in [4.69, 9.17) is 0 Å². The highest BCUT2D eigenvalue weighted by molar-refractivity contribution is 5.40. The van der Waals surface area contributed by atoms with Crippen molar-refractivity contribution in [1.29, 1.82) is 0 Å². The van der Waals surface area contributed by atoms with Gasteiger partial charge in [0.15, 0.2) is 0 Å². The Morgan fingerprint density at radius 2 is 0.968 bits per heavy atom. The van der Waals surface area contributed by atoms with E-state index in [0.717, 1.165) is 11.8 Å². The Labute approximate surface area is 189 Å². The number of hydrogen-bond acceptors (Lipinski definition) is 0. The van der Waals surface area contributed by atoms with E-state index in [0.29, 0.717) is 10.8 Å². The first-order valence-electron chi connectivity index (χ1n) is 13.5. The Balaban J connectivity index is 1.23. The van der Waals surface area contributed by atoms with Gasteiger partial charge in [0, 0.05) is 0 Å². The summed E-state index contributed by atoms with van der Waals surface area (Å²) in [5.74, 6) is 1.64. The molecule has 164 valence electrons. The van der Waals surface area contributed by atoms with Gasteiger partial charge in [0.05, 0.1) is 0 Å². The highest BCUT2D eigenvalue weighted by Gasteiger charge is 2.48. The van der Waals surface area contributed by atoms with Crippen molar-refractivity contribution >= 4 is 0 Å². The minimum absolute atomic E-state index is 0.595. The maximum absolute atomic E-state index is 2.48. The molecule has 4 aliphatic rings. The van der Waals surface area contributed by atoms with Crippen LogP contribution in [0.5, 0.6) is 0 Å². The Morgan fingerprint density at radius 3 is 1.42 bits per heavy atom. The van der Waals surface area contributed by atoms with Crippen molar-refractivity contribution in [2.24, 2.45) is 10.8 Å². The average molecular weight is 413 g/mol. The molecule has 0 heteroatoms. The van der Waals surface area contributed by atoms with Crippen molar-refractivity contribution in [3.05, 3.63) is 70.8 Å². The second-order valence-electron chi connectivity index (χ2n) is 11.6. The summed E-state index contributed by atoms with van der Waals surface area (Å²) in [7, 11) is 0. The number of fused-ring (bicyclic) bond motifs is 2. The van der Waals surface area contributed by atoms with Gasteiger partial charge in [0.1, 0.15) is 0 Å². The van der Waals surface area contributed by atoms with Gasteiger partial charge in [-0.3, -0.25) is 0 Å². The SMILES string of the molecule is c1ccc2c(c1)CC1(CCCCC1)C2CCCC1c2ccccc2CC12CCCCC2. The standard InChI is InChI=1S/C31H40/c1-7-18-30(19-8-1)22-24-12-3-5-14-26(24)28(30)16-11-17-29-27-15-6-4-13-25(27)23-31(29)20-9-2-10-21-31/h3-6,12-15,28-29H,1-2,7-11,16-23H2. The summed E-state index contributed by atoms with van der Waals surface area (Å²) in [6, 6.07) is 19.0. The van der Waals surface area contributed by atoms with Gasteiger partial charge in [-0.25, -0.2) is 0 Å². The second kappa shape index (κ2) is 8.09. The quantitative estimate of drug-likeness (QED) is 0.471. The van der Waals surface area contributed by atoms with Crippen LogP contribution in [0, 0.1) is 10.8 Å². The van der Waals surface area contributed by atoms with Crippen LogP contribution in [0.4, 0.5) is 0 Å². The van der Waals surface area contributed by atoms with E-state index in [9.17, 15) is 0 Å². The van der Waals surface area contributed by atoms with Crippen LogP contribution in [-0.4, -0.2) is 0 Å². The highest BCUT2D eigenvalue weighted by Crippen LogP contribution is 2.59. The van der Waals surface area contributed by atoms with E-state index in [1.165, 1.54) is 96.3 Å². The molecule has 2 atom stereocenters. The molecular weight excluding hydrogens is 372 g/mol.